The molecule has 0 rings (SSSR count). The molecule has 0 unspecified atom stereocenters. The van der Waals surface area contributed by atoms with Crippen molar-refractivity contribution in [3.05, 3.63) is 6.33 Å². The van der Waals surface area contributed by atoms with Gasteiger partial charge in [-0.1, -0.05) is 0 Å². The van der Waals surface area contributed by atoms with Gasteiger partial charge in [0.05, 0.1) is 0 Å². The molecule has 0 aliphatic carbocycles. The summed E-state index contributed by atoms with van der Waals surface area (Å²) >= 11 is 0. The van der Waals surface area contributed by atoms with Crippen molar-refractivity contribution in [1.29, 1.82) is 0 Å². The molecule has 4 heavy (non-hydrogen) atoms. The Morgan fingerprint density at radius 2 is 2.25 bits per heavy atom. The number of halogens is 1. The highest BCUT2D eigenvalue weighted by Gasteiger charge is 1.37. The van der Waals surface area contributed by atoms with Gasteiger partial charge in [0.1, 0.15) is 0 Å². The molecule has 0 atom stereocenters. The molecule has 0 radical (unpaired) electrons. The van der Waals surface area contributed by atoms with Crippen LogP contribution in [-0.2, 0) is 4.79 Å². The molecule has 0 aromatic carbocycles. The van der Waals surface area contributed by atoms with Crippen molar-refractivity contribution in [3.8, 4) is 0 Å². The predicted octanol–water partition coefficient (Wildman–Crippen LogP) is 0.301. The minimum absolute atomic E-state index is 0.181. The van der Waals surface area contributed by atoms with Crippen molar-refractivity contribution in [2.45, 2.75) is 0 Å². The van der Waals surface area contributed by atoms with E-state index < -0.39 is 0 Å². The SMILES string of the molecule is O=C=CF. The van der Waals surface area contributed by atoms with Crippen LogP contribution in [0.3, 0.4) is 0 Å². The van der Waals surface area contributed by atoms with Crippen LogP contribution in [0.5, 0.6) is 0 Å². The number of rotatable bonds is 0. The molecule has 0 N–H and O–H groups in total. The van der Waals surface area contributed by atoms with E-state index in [0.717, 1.165) is 5.94 Å². The van der Waals surface area contributed by atoms with Crippen LogP contribution in [0.25, 0.3) is 0 Å². The van der Waals surface area contributed by atoms with Crippen molar-refractivity contribution < 1.29 is 9.18 Å². The molecular weight excluding hydrogens is 59.0 g/mol. The van der Waals surface area contributed by atoms with Gasteiger partial charge >= 0.3 is 0 Å². The van der Waals surface area contributed by atoms with Gasteiger partial charge < -0.3 is 0 Å². The highest BCUT2D eigenvalue weighted by molar-refractivity contribution is 5.41. The first-order valence-corrected chi connectivity index (χ1v) is 0.711. The average molecular weight is 60.0 g/mol. The van der Waals surface area contributed by atoms with Crippen molar-refractivity contribution in [3.63, 3.8) is 0 Å². The third-order valence-corrected chi connectivity index (χ3v) is 0.0445. The lowest BCUT2D eigenvalue weighted by molar-refractivity contribution is 0.561. The van der Waals surface area contributed by atoms with Crippen LogP contribution < -0.4 is 0 Å². The molecule has 0 saturated carbocycles. The summed E-state index contributed by atoms with van der Waals surface area (Å²) in [5.74, 6) is 0.889. The van der Waals surface area contributed by atoms with Gasteiger partial charge in [-0.25, -0.2) is 9.18 Å². The topological polar surface area (TPSA) is 17.1 Å². The normalized spacial score (nSPS) is 4.25. The standard InChI is InChI=1S/C2HFO/c3-1-2-4/h1H. The molecule has 0 amide bonds. The van der Waals surface area contributed by atoms with Gasteiger partial charge in [-0.3, -0.25) is 0 Å². The zero-order chi connectivity index (χ0) is 3.41. The lowest BCUT2D eigenvalue weighted by Gasteiger charge is -1.28. The van der Waals surface area contributed by atoms with Crippen LogP contribution in [0.15, 0.2) is 6.33 Å². The second kappa shape index (κ2) is 2.38. The zero-order valence-electron chi connectivity index (χ0n) is 1.86. The molecule has 2 heteroatoms. The Bertz CT molecular complexity index is 44.0. The maximum Gasteiger partial charge on any atom is 0.170 e. The Labute approximate surface area is 22.7 Å². The molecular formula is C2HFO. The number of hydrogen-bond acceptors (Lipinski definition) is 1. The molecule has 0 saturated heterocycles. The third-order valence-electron chi connectivity index (χ3n) is 0.0445. The van der Waals surface area contributed by atoms with Gasteiger partial charge in [0, 0.05) is 0 Å². The Morgan fingerprint density at radius 1 is 2.00 bits per heavy atom. The Kier molecular flexibility index (Phi) is 2.01. The van der Waals surface area contributed by atoms with E-state index in [1.165, 1.54) is 0 Å². The van der Waals surface area contributed by atoms with Crippen LogP contribution >= 0.6 is 0 Å². The second-order valence-electron chi connectivity index (χ2n) is 0.227. The Morgan fingerprint density at radius 3 is 2.25 bits per heavy atom. The molecule has 0 aromatic rings. The monoisotopic (exact) mass is 60.0 g/mol. The second-order valence-corrected chi connectivity index (χ2v) is 0.227. The molecule has 0 aromatic heterocycles. The summed E-state index contributed by atoms with van der Waals surface area (Å²) in [5, 5.41) is 0. The molecule has 0 aliphatic rings. The minimum atomic E-state index is -0.181. The molecule has 1 nitrogen and oxygen atoms in total. The molecule has 0 spiro atoms. The van der Waals surface area contributed by atoms with Gasteiger partial charge in [0.25, 0.3) is 0 Å². The van der Waals surface area contributed by atoms with Crippen LogP contribution in [0.1, 0.15) is 0 Å². The van der Waals surface area contributed by atoms with Gasteiger partial charge in [-0.15, -0.1) is 0 Å². The fourth-order valence-electron chi connectivity index (χ4n) is 0. The van der Waals surface area contributed by atoms with Crippen molar-refractivity contribution in [1.82, 2.24) is 0 Å². The van der Waals surface area contributed by atoms with Gasteiger partial charge in [0.15, 0.2) is 12.3 Å². The maximum absolute atomic E-state index is 10.2. The lowest BCUT2D eigenvalue weighted by Crippen LogP contribution is -1.29. The van der Waals surface area contributed by atoms with E-state index in [9.17, 15) is 4.39 Å². The van der Waals surface area contributed by atoms with Crippen molar-refractivity contribution in [2.75, 3.05) is 0 Å². The Hall–Kier alpha value is -0.620. The highest BCUT2D eigenvalue weighted by Crippen LogP contribution is 1.46. The summed E-state index contributed by atoms with van der Waals surface area (Å²) in [5.41, 5.74) is 0. The van der Waals surface area contributed by atoms with E-state index in [-0.39, 0.29) is 6.33 Å². The summed E-state index contributed by atoms with van der Waals surface area (Å²) < 4.78 is 10.2. The first-order valence-electron chi connectivity index (χ1n) is 0.711. The zero-order valence-corrected chi connectivity index (χ0v) is 1.86. The van der Waals surface area contributed by atoms with Crippen LogP contribution in [-0.4, -0.2) is 5.94 Å². The molecule has 0 fully saturated rings. The number of carbonyl (C=O) groups excluding carboxylic acids is 1. The van der Waals surface area contributed by atoms with E-state index in [1.807, 2.05) is 0 Å². The molecule has 0 bridgehead atoms. The largest absolute Gasteiger partial charge is 0.231 e. The smallest absolute Gasteiger partial charge is 0.170 e. The van der Waals surface area contributed by atoms with Crippen LogP contribution in [0.2, 0.25) is 0 Å². The third kappa shape index (κ3) is 1.38. The summed E-state index contributed by atoms with van der Waals surface area (Å²) in [6.07, 6.45) is -0.181. The van der Waals surface area contributed by atoms with Gasteiger partial charge in [0.2, 0.25) is 0 Å². The average Bonchev–Trinajstić information content (AvgIpc) is 1.37. The summed E-state index contributed by atoms with van der Waals surface area (Å²) in [7, 11) is 0. The predicted molar refractivity (Wildman–Crippen MR) is 11.4 cm³/mol. The van der Waals surface area contributed by atoms with Crippen LogP contribution in [0, 0.1) is 0 Å². The lowest BCUT2D eigenvalue weighted by atomic mass is 11.2. The van der Waals surface area contributed by atoms with Crippen molar-refractivity contribution >= 4 is 5.94 Å². The maximum atomic E-state index is 10.2. The molecule has 22 valence electrons. The van der Waals surface area contributed by atoms with E-state index in [1.54, 1.807) is 0 Å². The van der Waals surface area contributed by atoms with E-state index in [2.05, 4.69) is 0 Å². The summed E-state index contributed by atoms with van der Waals surface area (Å²) in [6, 6.07) is 0. The fourth-order valence-corrected chi connectivity index (χ4v) is 0. The van der Waals surface area contributed by atoms with Crippen molar-refractivity contribution in [2.24, 2.45) is 0 Å². The van der Waals surface area contributed by atoms with E-state index >= 15 is 0 Å². The highest BCUT2D eigenvalue weighted by atomic mass is 19.1. The summed E-state index contributed by atoms with van der Waals surface area (Å²) in [4.78, 5) is 8.62. The van der Waals surface area contributed by atoms with E-state index in [0.29, 0.717) is 0 Å². The quantitative estimate of drug-likeness (QED) is 0.367. The first-order chi connectivity index (χ1) is 1.91. The van der Waals surface area contributed by atoms with Crippen LogP contribution in [0.4, 0.5) is 4.39 Å². The Balaban J connectivity index is 3.11. The van der Waals surface area contributed by atoms with Gasteiger partial charge in [-0.2, -0.15) is 0 Å². The summed E-state index contributed by atoms with van der Waals surface area (Å²) in [6.45, 7) is 0. The fraction of sp³-hybridized carbons (Fsp3) is 0. The first kappa shape index (κ1) is 3.38. The molecule has 0 aliphatic heterocycles. The number of hydrogen-bond donors (Lipinski definition) is 0. The molecule has 0 heterocycles. The van der Waals surface area contributed by atoms with E-state index in [4.69, 9.17) is 4.79 Å². The van der Waals surface area contributed by atoms with Gasteiger partial charge in [-0.05, 0) is 0 Å². The minimum Gasteiger partial charge on any atom is -0.231 e.